The highest BCUT2D eigenvalue weighted by molar-refractivity contribution is 5.78. The molecule has 0 fully saturated rings. The maximum atomic E-state index is 13.5. The zero-order valence-electron chi connectivity index (χ0n) is 9.56. The predicted molar refractivity (Wildman–Crippen MR) is 67.1 cm³/mol. The molecule has 0 heterocycles. The quantitative estimate of drug-likeness (QED) is 0.507. The summed E-state index contributed by atoms with van der Waals surface area (Å²) in [5, 5.41) is 13.4. The summed E-state index contributed by atoms with van der Waals surface area (Å²) >= 11 is 0. The lowest BCUT2D eigenvalue weighted by Gasteiger charge is -2.09. The summed E-state index contributed by atoms with van der Waals surface area (Å²) in [6, 6.07) is 7.70. The van der Waals surface area contributed by atoms with E-state index in [4.69, 9.17) is 5.73 Å². The molecule has 3 N–H and O–H groups in total. The van der Waals surface area contributed by atoms with Crippen molar-refractivity contribution in [2.45, 2.75) is 0 Å². The number of hydrogen-bond donors (Lipinski definition) is 2. The van der Waals surface area contributed by atoms with Gasteiger partial charge in [-0.15, -0.1) is 0 Å². The predicted octanol–water partition coefficient (Wildman–Crippen LogP) is 3.20. The van der Waals surface area contributed by atoms with E-state index in [0.29, 0.717) is 0 Å². The topological polar surface area (TPSA) is 81.2 Å². The van der Waals surface area contributed by atoms with Crippen molar-refractivity contribution in [1.82, 2.24) is 0 Å². The molecule has 0 bridgehead atoms. The van der Waals surface area contributed by atoms with Gasteiger partial charge in [0.15, 0.2) is 11.6 Å². The van der Waals surface area contributed by atoms with E-state index in [1.54, 1.807) is 0 Å². The summed E-state index contributed by atoms with van der Waals surface area (Å²) in [5.41, 5.74) is 4.84. The lowest BCUT2D eigenvalue weighted by Crippen LogP contribution is -2.02. The van der Waals surface area contributed by atoms with Gasteiger partial charge in [-0.2, -0.15) is 0 Å². The van der Waals surface area contributed by atoms with Crippen molar-refractivity contribution in [2.75, 3.05) is 11.1 Å². The molecule has 7 heteroatoms. The second-order valence-corrected chi connectivity index (χ2v) is 3.73. The van der Waals surface area contributed by atoms with Gasteiger partial charge in [0.1, 0.15) is 11.4 Å². The molecular weight excluding hydrogens is 256 g/mol. The smallest absolute Gasteiger partial charge is 0.315 e. The van der Waals surface area contributed by atoms with Crippen LogP contribution in [-0.4, -0.2) is 4.92 Å². The number of rotatable bonds is 3. The van der Waals surface area contributed by atoms with Crippen molar-refractivity contribution in [3.63, 3.8) is 0 Å². The van der Waals surface area contributed by atoms with Crippen molar-refractivity contribution >= 4 is 22.7 Å². The first-order chi connectivity index (χ1) is 9.00. The normalized spacial score (nSPS) is 10.2. The Morgan fingerprint density at radius 2 is 1.74 bits per heavy atom. The fourth-order valence-electron chi connectivity index (χ4n) is 1.61. The molecule has 2 aromatic rings. The van der Waals surface area contributed by atoms with Crippen LogP contribution in [0.2, 0.25) is 0 Å². The van der Waals surface area contributed by atoms with Crippen LogP contribution in [0.25, 0.3) is 0 Å². The third-order valence-electron chi connectivity index (χ3n) is 2.47. The number of nitrogens with zero attached hydrogens (tertiary/aromatic N) is 1. The van der Waals surface area contributed by atoms with E-state index in [2.05, 4.69) is 5.32 Å². The number of nitrogen functional groups attached to an aromatic ring is 1. The lowest BCUT2D eigenvalue weighted by atomic mass is 10.2. The van der Waals surface area contributed by atoms with Gasteiger partial charge in [0.25, 0.3) is 0 Å². The van der Waals surface area contributed by atoms with E-state index in [1.165, 1.54) is 30.3 Å². The number of nitrogens with one attached hydrogen (secondary N) is 1. The van der Waals surface area contributed by atoms with Crippen molar-refractivity contribution in [1.29, 1.82) is 0 Å². The third-order valence-corrected chi connectivity index (χ3v) is 2.47. The van der Waals surface area contributed by atoms with Crippen LogP contribution in [0, 0.1) is 21.7 Å². The molecule has 0 aromatic heterocycles. The Kier molecular flexibility index (Phi) is 3.28. The SMILES string of the molecule is Nc1cccc(Nc2cccc(F)c2F)c1[N+](=O)[O-]. The highest BCUT2D eigenvalue weighted by atomic mass is 19.2. The molecule has 0 unspecified atom stereocenters. The van der Waals surface area contributed by atoms with Crippen LogP contribution in [0.3, 0.4) is 0 Å². The molecule has 2 rings (SSSR count). The summed E-state index contributed by atoms with van der Waals surface area (Å²) in [4.78, 5) is 10.2. The summed E-state index contributed by atoms with van der Waals surface area (Å²) in [6.45, 7) is 0. The van der Waals surface area contributed by atoms with Crippen LogP contribution < -0.4 is 11.1 Å². The van der Waals surface area contributed by atoms with Crippen LogP contribution >= 0.6 is 0 Å². The number of anilines is 3. The minimum atomic E-state index is -1.11. The van der Waals surface area contributed by atoms with E-state index >= 15 is 0 Å². The maximum Gasteiger partial charge on any atom is 0.315 e. The Hall–Kier alpha value is -2.70. The number of halogens is 2. The van der Waals surface area contributed by atoms with Gasteiger partial charge in [-0.25, -0.2) is 8.78 Å². The fourth-order valence-corrected chi connectivity index (χ4v) is 1.61. The van der Waals surface area contributed by atoms with E-state index in [0.717, 1.165) is 6.07 Å². The van der Waals surface area contributed by atoms with E-state index in [-0.39, 0.29) is 22.7 Å². The molecule has 2 aromatic carbocycles. The van der Waals surface area contributed by atoms with Crippen molar-refractivity contribution in [3.05, 3.63) is 58.1 Å². The molecule has 0 aliphatic rings. The van der Waals surface area contributed by atoms with E-state index < -0.39 is 16.6 Å². The van der Waals surface area contributed by atoms with E-state index in [1.807, 2.05) is 0 Å². The first-order valence-electron chi connectivity index (χ1n) is 5.24. The van der Waals surface area contributed by atoms with Gasteiger partial charge < -0.3 is 11.1 Å². The van der Waals surface area contributed by atoms with Crippen molar-refractivity contribution < 1.29 is 13.7 Å². The molecular formula is C12H9F2N3O2. The Morgan fingerprint density at radius 1 is 1.11 bits per heavy atom. The minimum absolute atomic E-state index is 0.00509. The lowest BCUT2D eigenvalue weighted by molar-refractivity contribution is -0.383. The molecule has 0 spiro atoms. The van der Waals surface area contributed by atoms with Crippen molar-refractivity contribution in [3.8, 4) is 0 Å². The minimum Gasteiger partial charge on any atom is -0.393 e. The highest BCUT2D eigenvalue weighted by Gasteiger charge is 2.19. The second kappa shape index (κ2) is 4.89. The fraction of sp³-hybridized carbons (Fsp3) is 0. The van der Waals surface area contributed by atoms with Gasteiger partial charge in [-0.05, 0) is 24.3 Å². The number of nitrogens with two attached hydrogens (primary N) is 1. The van der Waals surface area contributed by atoms with Gasteiger partial charge in [0.2, 0.25) is 0 Å². The summed E-state index contributed by atoms with van der Waals surface area (Å²) in [6.07, 6.45) is 0. The van der Waals surface area contributed by atoms with Gasteiger partial charge in [-0.3, -0.25) is 10.1 Å². The van der Waals surface area contributed by atoms with Crippen LogP contribution in [-0.2, 0) is 0 Å². The number of nitro benzene ring substituents is 1. The van der Waals surface area contributed by atoms with E-state index in [9.17, 15) is 18.9 Å². The molecule has 0 amide bonds. The molecule has 0 aliphatic carbocycles. The highest BCUT2D eigenvalue weighted by Crippen LogP contribution is 2.33. The van der Waals surface area contributed by atoms with Gasteiger partial charge in [-0.1, -0.05) is 12.1 Å². The average Bonchev–Trinajstić information content (AvgIpc) is 2.34. The number of benzene rings is 2. The molecule has 0 saturated carbocycles. The van der Waals surface area contributed by atoms with Crippen LogP contribution in [0.5, 0.6) is 0 Å². The third kappa shape index (κ3) is 2.44. The van der Waals surface area contributed by atoms with Gasteiger partial charge in [0.05, 0.1) is 10.6 Å². The first kappa shape index (κ1) is 12.7. The Labute approximate surface area is 106 Å². The summed E-state index contributed by atoms with van der Waals surface area (Å²) in [7, 11) is 0. The molecule has 0 saturated heterocycles. The maximum absolute atomic E-state index is 13.5. The molecule has 19 heavy (non-hydrogen) atoms. The number of nitro groups is 1. The van der Waals surface area contributed by atoms with Gasteiger partial charge >= 0.3 is 5.69 Å². The van der Waals surface area contributed by atoms with Crippen LogP contribution in [0.1, 0.15) is 0 Å². The Morgan fingerprint density at radius 3 is 2.42 bits per heavy atom. The van der Waals surface area contributed by atoms with Crippen LogP contribution in [0.4, 0.5) is 31.5 Å². The van der Waals surface area contributed by atoms with Crippen LogP contribution in [0.15, 0.2) is 36.4 Å². The largest absolute Gasteiger partial charge is 0.393 e. The first-order valence-corrected chi connectivity index (χ1v) is 5.24. The molecule has 0 aliphatic heterocycles. The molecule has 98 valence electrons. The number of hydrogen-bond acceptors (Lipinski definition) is 4. The Bertz CT molecular complexity index is 647. The zero-order chi connectivity index (χ0) is 14.0. The monoisotopic (exact) mass is 265 g/mol. The zero-order valence-corrected chi connectivity index (χ0v) is 9.56. The molecule has 0 atom stereocenters. The number of para-hydroxylation sites is 1. The standard InChI is InChI=1S/C12H9F2N3O2/c13-7-3-1-5-9(11(7)14)16-10-6-2-4-8(15)12(10)17(18)19/h1-6,16H,15H2. The van der Waals surface area contributed by atoms with Gasteiger partial charge in [0, 0.05) is 0 Å². The molecule has 5 nitrogen and oxygen atoms in total. The second-order valence-electron chi connectivity index (χ2n) is 3.73. The summed E-state index contributed by atoms with van der Waals surface area (Å²) < 4.78 is 26.5. The average molecular weight is 265 g/mol. The molecule has 0 radical (unpaired) electrons. The summed E-state index contributed by atoms with van der Waals surface area (Å²) in [5.74, 6) is -2.16. The van der Waals surface area contributed by atoms with Crippen molar-refractivity contribution in [2.24, 2.45) is 0 Å². The Balaban J connectivity index is 2.47.